The summed E-state index contributed by atoms with van der Waals surface area (Å²) in [6.07, 6.45) is 0.769. The zero-order chi connectivity index (χ0) is 22.8. The van der Waals surface area contributed by atoms with E-state index in [1.54, 1.807) is 24.3 Å². The Morgan fingerprint density at radius 1 is 1.18 bits per heavy atom. The number of likely N-dealkylation sites (N-methyl/N-ethyl adjacent to an activating group) is 1. The van der Waals surface area contributed by atoms with Crippen LogP contribution in [-0.4, -0.2) is 46.4 Å². The first-order valence-electron chi connectivity index (χ1n) is 9.69. The van der Waals surface area contributed by atoms with Gasteiger partial charge >= 0.3 is 5.97 Å². The van der Waals surface area contributed by atoms with E-state index >= 15 is 0 Å². The number of benzene rings is 1. The van der Waals surface area contributed by atoms with E-state index in [1.165, 1.54) is 17.4 Å². The third-order valence-corrected chi connectivity index (χ3v) is 7.28. The molecule has 1 aromatic carbocycles. The fourth-order valence-corrected chi connectivity index (χ4v) is 5.40. The minimum atomic E-state index is -1.18. The molecule has 12 heteroatoms. The molecule has 1 aliphatic rings. The van der Waals surface area contributed by atoms with Crippen molar-refractivity contribution in [1.29, 1.82) is 0 Å². The molecular formula is C21H20Cl2N4O4S2. The van der Waals surface area contributed by atoms with Crippen LogP contribution in [0, 0.1) is 0 Å². The molecule has 0 fully saturated rings. The number of para-hydroxylation sites is 1. The molecule has 0 atom stereocenters. The van der Waals surface area contributed by atoms with Crippen molar-refractivity contribution in [2.24, 2.45) is 0 Å². The van der Waals surface area contributed by atoms with E-state index in [4.69, 9.17) is 11.6 Å². The van der Waals surface area contributed by atoms with Gasteiger partial charge in [0.15, 0.2) is 5.01 Å². The lowest BCUT2D eigenvalue weighted by Crippen LogP contribution is -2.25. The summed E-state index contributed by atoms with van der Waals surface area (Å²) < 4.78 is 0.494. The number of aromatic carboxylic acids is 1. The van der Waals surface area contributed by atoms with Crippen molar-refractivity contribution in [2.75, 3.05) is 18.9 Å². The molecule has 2 aromatic heterocycles. The number of anilines is 1. The van der Waals surface area contributed by atoms with Gasteiger partial charge in [-0.2, -0.15) is 0 Å². The zero-order valence-corrected chi connectivity index (χ0v) is 20.6. The van der Waals surface area contributed by atoms with Crippen molar-refractivity contribution in [3.63, 3.8) is 0 Å². The van der Waals surface area contributed by atoms with Gasteiger partial charge in [-0.15, -0.1) is 35.1 Å². The molecule has 3 N–H and O–H groups in total. The Morgan fingerprint density at radius 3 is 2.67 bits per heavy atom. The Hall–Kier alpha value is -2.50. The number of carbonyl (C=O) groups is 3. The SMILES string of the molecule is CN1CCc2nc(C(=O)Nc3c(CNC(=O)c4ccc(Cl)s4)cccc3C(=O)O)sc2C1.Cl. The average Bonchev–Trinajstić information content (AvgIpc) is 3.38. The summed E-state index contributed by atoms with van der Waals surface area (Å²) >= 11 is 8.34. The second-order valence-corrected chi connectivity index (χ2v) is 10.1. The first-order valence-corrected chi connectivity index (χ1v) is 11.7. The lowest BCUT2D eigenvalue weighted by molar-refractivity contribution is 0.0697. The number of hydrogen-bond donors (Lipinski definition) is 3. The van der Waals surface area contributed by atoms with Crippen LogP contribution in [0.15, 0.2) is 30.3 Å². The van der Waals surface area contributed by atoms with Crippen molar-refractivity contribution in [3.8, 4) is 0 Å². The van der Waals surface area contributed by atoms with E-state index in [-0.39, 0.29) is 41.1 Å². The van der Waals surface area contributed by atoms with Gasteiger partial charge in [-0.1, -0.05) is 23.7 Å². The van der Waals surface area contributed by atoms with Crippen molar-refractivity contribution in [3.05, 3.63) is 66.3 Å². The first-order chi connectivity index (χ1) is 15.3. The highest BCUT2D eigenvalue weighted by Crippen LogP contribution is 2.27. The Kier molecular flexibility index (Phi) is 8.09. The van der Waals surface area contributed by atoms with Crippen LogP contribution in [0.25, 0.3) is 0 Å². The molecule has 8 nitrogen and oxygen atoms in total. The summed E-state index contributed by atoms with van der Waals surface area (Å²) in [5, 5.41) is 15.4. The minimum absolute atomic E-state index is 0. The van der Waals surface area contributed by atoms with E-state index in [1.807, 2.05) is 7.05 Å². The smallest absolute Gasteiger partial charge is 0.337 e. The number of rotatable bonds is 6. The Labute approximate surface area is 209 Å². The number of carboxylic acids is 1. The van der Waals surface area contributed by atoms with Crippen LogP contribution < -0.4 is 10.6 Å². The number of carboxylic acid groups (broad SMARTS) is 1. The fraction of sp³-hybridized carbons (Fsp3) is 0.238. The molecular weight excluding hydrogens is 507 g/mol. The van der Waals surface area contributed by atoms with Crippen LogP contribution in [0.3, 0.4) is 0 Å². The molecule has 2 amide bonds. The number of fused-ring (bicyclic) bond motifs is 1. The van der Waals surface area contributed by atoms with Crippen molar-refractivity contribution in [2.45, 2.75) is 19.5 Å². The summed E-state index contributed by atoms with van der Waals surface area (Å²) in [6.45, 7) is 1.64. The van der Waals surface area contributed by atoms with Crippen molar-refractivity contribution >= 4 is 70.2 Å². The lowest BCUT2D eigenvalue weighted by Gasteiger charge is -2.20. The van der Waals surface area contributed by atoms with Gasteiger partial charge in [-0.3, -0.25) is 9.59 Å². The van der Waals surface area contributed by atoms with Gasteiger partial charge in [0, 0.05) is 30.9 Å². The monoisotopic (exact) mass is 526 g/mol. The predicted octanol–water partition coefficient (Wildman–Crippen LogP) is 4.15. The topological polar surface area (TPSA) is 112 Å². The fourth-order valence-electron chi connectivity index (χ4n) is 3.36. The third-order valence-electron chi connectivity index (χ3n) is 4.97. The summed E-state index contributed by atoms with van der Waals surface area (Å²) in [4.78, 5) is 45.2. The molecule has 3 heterocycles. The maximum atomic E-state index is 12.9. The zero-order valence-electron chi connectivity index (χ0n) is 17.4. The highest BCUT2D eigenvalue weighted by atomic mass is 35.5. The summed E-state index contributed by atoms with van der Waals surface area (Å²) in [5.74, 6) is -1.99. The van der Waals surface area contributed by atoms with Gasteiger partial charge in [0.05, 0.1) is 26.2 Å². The number of halogens is 2. The first kappa shape index (κ1) is 25.1. The van der Waals surface area contributed by atoms with E-state index < -0.39 is 11.9 Å². The highest BCUT2D eigenvalue weighted by Gasteiger charge is 2.23. The quantitative estimate of drug-likeness (QED) is 0.444. The maximum absolute atomic E-state index is 12.9. The second kappa shape index (κ2) is 10.6. The number of aromatic nitrogens is 1. The lowest BCUT2D eigenvalue weighted by atomic mass is 10.1. The number of thiazole rings is 1. The molecule has 3 aromatic rings. The van der Waals surface area contributed by atoms with E-state index in [9.17, 15) is 19.5 Å². The number of nitrogens with zero attached hydrogens (tertiary/aromatic N) is 2. The number of amides is 2. The minimum Gasteiger partial charge on any atom is -0.478 e. The largest absolute Gasteiger partial charge is 0.478 e. The van der Waals surface area contributed by atoms with Gasteiger partial charge in [0.2, 0.25) is 0 Å². The molecule has 0 bridgehead atoms. The van der Waals surface area contributed by atoms with Crippen LogP contribution in [0.4, 0.5) is 5.69 Å². The highest BCUT2D eigenvalue weighted by molar-refractivity contribution is 7.18. The molecule has 33 heavy (non-hydrogen) atoms. The second-order valence-electron chi connectivity index (χ2n) is 7.26. The van der Waals surface area contributed by atoms with Crippen LogP contribution in [-0.2, 0) is 19.5 Å². The molecule has 0 spiro atoms. The average molecular weight is 527 g/mol. The van der Waals surface area contributed by atoms with E-state index in [2.05, 4.69) is 20.5 Å². The summed E-state index contributed by atoms with van der Waals surface area (Å²) in [5.41, 5.74) is 1.45. The van der Waals surface area contributed by atoms with Crippen molar-refractivity contribution in [1.82, 2.24) is 15.2 Å². The van der Waals surface area contributed by atoms with E-state index in [0.29, 0.717) is 14.8 Å². The van der Waals surface area contributed by atoms with Gasteiger partial charge in [-0.25, -0.2) is 9.78 Å². The van der Waals surface area contributed by atoms with Crippen LogP contribution in [0.1, 0.15) is 46.0 Å². The Morgan fingerprint density at radius 2 is 1.97 bits per heavy atom. The number of thiophene rings is 1. The van der Waals surface area contributed by atoms with Crippen LogP contribution >= 0.6 is 46.7 Å². The number of carbonyl (C=O) groups excluding carboxylic acids is 2. The van der Waals surface area contributed by atoms with Gasteiger partial charge in [-0.05, 0) is 30.8 Å². The standard InChI is InChI=1S/C21H19ClN4O4S2.ClH/c1-26-8-7-13-15(10-26)32-20(24-13)19(28)25-17-11(3-2-4-12(17)21(29)30)9-23-18(27)14-5-6-16(22)31-14;/h2-6H,7-10H2,1H3,(H,23,27)(H,25,28)(H,29,30);1H. The van der Waals surface area contributed by atoms with Gasteiger partial charge < -0.3 is 20.6 Å². The molecule has 0 unspecified atom stereocenters. The molecule has 1 aliphatic heterocycles. The maximum Gasteiger partial charge on any atom is 0.337 e. The van der Waals surface area contributed by atoms with Gasteiger partial charge in [0.1, 0.15) is 0 Å². The predicted molar refractivity (Wildman–Crippen MR) is 131 cm³/mol. The van der Waals surface area contributed by atoms with E-state index in [0.717, 1.165) is 41.4 Å². The number of hydrogen-bond acceptors (Lipinski definition) is 7. The summed E-state index contributed by atoms with van der Waals surface area (Å²) in [6, 6.07) is 7.87. The Bertz CT molecular complexity index is 1210. The van der Waals surface area contributed by atoms with Gasteiger partial charge in [0.25, 0.3) is 11.8 Å². The summed E-state index contributed by atoms with van der Waals surface area (Å²) in [7, 11) is 2.01. The third kappa shape index (κ3) is 5.71. The molecule has 0 radical (unpaired) electrons. The van der Waals surface area contributed by atoms with Crippen LogP contribution in [0.5, 0.6) is 0 Å². The molecule has 0 saturated heterocycles. The molecule has 174 valence electrons. The normalized spacial score (nSPS) is 13.0. The number of nitrogens with one attached hydrogen (secondary N) is 2. The molecule has 0 aliphatic carbocycles. The van der Waals surface area contributed by atoms with Crippen molar-refractivity contribution < 1.29 is 19.5 Å². The Balaban J connectivity index is 0.00000306. The van der Waals surface area contributed by atoms with Crippen LogP contribution in [0.2, 0.25) is 4.34 Å². The molecule has 4 rings (SSSR count). The molecule has 0 saturated carbocycles.